The van der Waals surface area contributed by atoms with Gasteiger partial charge in [0.1, 0.15) is 10.4 Å². The third-order valence-electron chi connectivity index (χ3n) is 3.75. The van der Waals surface area contributed by atoms with Gasteiger partial charge in [0, 0.05) is 5.56 Å². The zero-order chi connectivity index (χ0) is 12.7. The van der Waals surface area contributed by atoms with E-state index in [1.54, 1.807) is 6.07 Å². The fourth-order valence-corrected chi connectivity index (χ4v) is 2.71. The van der Waals surface area contributed by atoms with Crippen LogP contribution < -0.4 is 0 Å². The molecule has 1 aromatic heterocycles. The Kier molecular flexibility index (Phi) is 3.29. The van der Waals surface area contributed by atoms with Crippen LogP contribution >= 0.6 is 15.9 Å². The van der Waals surface area contributed by atoms with E-state index in [0.717, 1.165) is 19.0 Å². The first-order chi connectivity index (χ1) is 7.82. The second-order valence-corrected chi connectivity index (χ2v) is 6.50. The first-order valence-electron chi connectivity index (χ1n) is 5.86. The Morgan fingerprint density at radius 3 is 2.47 bits per heavy atom. The minimum atomic E-state index is -1.04. The van der Waals surface area contributed by atoms with Gasteiger partial charge in [-0.05, 0) is 53.1 Å². The lowest BCUT2D eigenvalue weighted by molar-refractivity contribution is -0.0332. The Labute approximate surface area is 109 Å². The van der Waals surface area contributed by atoms with E-state index in [-0.39, 0.29) is 5.41 Å². The highest BCUT2D eigenvalue weighted by molar-refractivity contribution is 9.10. The third-order valence-corrected chi connectivity index (χ3v) is 4.19. The van der Waals surface area contributed by atoms with Crippen LogP contribution in [-0.4, -0.2) is 10.1 Å². The molecule has 17 heavy (non-hydrogen) atoms. The van der Waals surface area contributed by atoms with Crippen LogP contribution in [0.5, 0.6) is 0 Å². The van der Waals surface area contributed by atoms with E-state index in [2.05, 4.69) is 34.8 Å². The van der Waals surface area contributed by atoms with Crippen molar-refractivity contribution in [2.75, 3.05) is 0 Å². The van der Waals surface area contributed by atoms with E-state index < -0.39 is 11.4 Å². The van der Waals surface area contributed by atoms with Crippen molar-refractivity contribution in [2.45, 2.75) is 45.1 Å². The summed E-state index contributed by atoms with van der Waals surface area (Å²) in [6, 6.07) is 1.59. The molecule has 1 N–H and O–H groups in total. The summed E-state index contributed by atoms with van der Waals surface area (Å²) in [5.41, 5.74) is -0.423. The molecule has 0 radical (unpaired) electrons. The second-order valence-electron chi connectivity index (χ2n) is 5.68. The summed E-state index contributed by atoms with van der Waals surface area (Å²) in [7, 11) is 0. The molecular weight excluding hydrogens is 285 g/mol. The summed E-state index contributed by atoms with van der Waals surface area (Å²) in [5.74, 6) is -0.421. The van der Waals surface area contributed by atoms with E-state index in [9.17, 15) is 9.50 Å². The molecule has 0 atom stereocenters. The van der Waals surface area contributed by atoms with Crippen molar-refractivity contribution in [3.05, 3.63) is 28.2 Å². The number of halogens is 2. The van der Waals surface area contributed by atoms with Crippen molar-refractivity contribution in [1.82, 2.24) is 4.98 Å². The van der Waals surface area contributed by atoms with Gasteiger partial charge in [-0.15, -0.1) is 0 Å². The minimum absolute atomic E-state index is 0.243. The molecule has 0 saturated heterocycles. The van der Waals surface area contributed by atoms with E-state index in [1.165, 1.54) is 0 Å². The van der Waals surface area contributed by atoms with Crippen molar-refractivity contribution >= 4 is 15.9 Å². The largest absolute Gasteiger partial charge is 0.385 e. The molecule has 1 aliphatic carbocycles. The molecule has 0 amide bonds. The molecule has 94 valence electrons. The van der Waals surface area contributed by atoms with Crippen molar-refractivity contribution < 1.29 is 9.50 Å². The molecule has 0 spiro atoms. The Balaban J connectivity index is 2.30. The van der Waals surface area contributed by atoms with Crippen molar-refractivity contribution in [3.8, 4) is 0 Å². The summed E-state index contributed by atoms with van der Waals surface area (Å²) in [4.78, 5) is 3.82. The van der Waals surface area contributed by atoms with Crippen LogP contribution in [0.4, 0.5) is 4.39 Å². The number of nitrogens with zero attached hydrogens (tertiary/aromatic N) is 1. The van der Waals surface area contributed by atoms with E-state index in [4.69, 9.17) is 0 Å². The predicted molar refractivity (Wildman–Crippen MR) is 68.0 cm³/mol. The highest BCUT2D eigenvalue weighted by Crippen LogP contribution is 2.45. The molecule has 1 heterocycles. The van der Waals surface area contributed by atoms with Gasteiger partial charge in [0.15, 0.2) is 0 Å². The molecule has 0 unspecified atom stereocenters. The number of pyridine rings is 1. The molecule has 0 aliphatic heterocycles. The van der Waals surface area contributed by atoms with Crippen LogP contribution in [-0.2, 0) is 5.60 Å². The average Bonchev–Trinajstić information content (AvgIpc) is 2.26. The number of rotatable bonds is 1. The monoisotopic (exact) mass is 301 g/mol. The van der Waals surface area contributed by atoms with E-state index >= 15 is 0 Å². The highest BCUT2D eigenvalue weighted by atomic mass is 79.9. The molecule has 1 aliphatic rings. The lowest BCUT2D eigenvalue weighted by atomic mass is 9.69. The lowest BCUT2D eigenvalue weighted by Crippen LogP contribution is -2.35. The van der Waals surface area contributed by atoms with Crippen molar-refractivity contribution in [2.24, 2.45) is 5.41 Å². The summed E-state index contributed by atoms with van der Waals surface area (Å²) in [6.07, 6.45) is 4.18. The lowest BCUT2D eigenvalue weighted by Gasteiger charge is -2.40. The number of hydrogen-bond donors (Lipinski definition) is 1. The quantitative estimate of drug-likeness (QED) is 0.801. The number of aliphatic hydroxyl groups is 1. The molecule has 1 fully saturated rings. The second kappa shape index (κ2) is 4.32. The van der Waals surface area contributed by atoms with Crippen LogP contribution in [0.3, 0.4) is 0 Å². The van der Waals surface area contributed by atoms with Gasteiger partial charge in [0.2, 0.25) is 0 Å². The van der Waals surface area contributed by atoms with Crippen LogP contribution in [0.2, 0.25) is 0 Å². The zero-order valence-corrected chi connectivity index (χ0v) is 11.7. The van der Waals surface area contributed by atoms with Crippen LogP contribution in [0.25, 0.3) is 0 Å². The molecule has 4 heteroatoms. The van der Waals surface area contributed by atoms with E-state index in [1.807, 2.05) is 0 Å². The molecule has 1 aromatic rings. The Bertz CT molecular complexity index is 423. The van der Waals surface area contributed by atoms with Crippen molar-refractivity contribution in [3.63, 3.8) is 0 Å². The van der Waals surface area contributed by atoms with Gasteiger partial charge in [-0.2, -0.15) is 0 Å². The van der Waals surface area contributed by atoms with Gasteiger partial charge in [0.25, 0.3) is 0 Å². The van der Waals surface area contributed by atoms with Gasteiger partial charge in [0.05, 0.1) is 11.8 Å². The minimum Gasteiger partial charge on any atom is -0.385 e. The molecule has 2 nitrogen and oxygen atoms in total. The van der Waals surface area contributed by atoms with Crippen LogP contribution in [0.15, 0.2) is 16.9 Å². The average molecular weight is 302 g/mol. The maximum absolute atomic E-state index is 13.7. The summed E-state index contributed by atoms with van der Waals surface area (Å²) in [5, 5.41) is 10.6. The number of hydrogen-bond acceptors (Lipinski definition) is 2. The SMILES string of the molecule is CC1(C)CCC(O)(c2cc(Br)ncc2F)CC1. The first-order valence-corrected chi connectivity index (χ1v) is 6.66. The van der Waals surface area contributed by atoms with Gasteiger partial charge in [-0.3, -0.25) is 0 Å². The topological polar surface area (TPSA) is 33.1 Å². The van der Waals surface area contributed by atoms with Gasteiger partial charge in [-0.25, -0.2) is 9.37 Å². The molecule has 0 aromatic carbocycles. The molecule has 1 saturated carbocycles. The van der Waals surface area contributed by atoms with Gasteiger partial charge >= 0.3 is 0 Å². The maximum Gasteiger partial charge on any atom is 0.147 e. The summed E-state index contributed by atoms with van der Waals surface area (Å²) >= 11 is 3.22. The summed E-state index contributed by atoms with van der Waals surface area (Å²) < 4.78 is 14.3. The zero-order valence-electron chi connectivity index (χ0n) is 10.1. The Hall–Kier alpha value is -0.480. The maximum atomic E-state index is 13.7. The van der Waals surface area contributed by atoms with Crippen molar-refractivity contribution in [1.29, 1.82) is 0 Å². The molecule has 0 bridgehead atoms. The fraction of sp³-hybridized carbons (Fsp3) is 0.615. The highest BCUT2D eigenvalue weighted by Gasteiger charge is 2.39. The van der Waals surface area contributed by atoms with Gasteiger partial charge in [-0.1, -0.05) is 13.8 Å². The normalized spacial score (nSPS) is 22.4. The van der Waals surface area contributed by atoms with Crippen LogP contribution in [0, 0.1) is 11.2 Å². The molecule has 2 rings (SSSR count). The Morgan fingerprint density at radius 1 is 1.29 bits per heavy atom. The number of aromatic nitrogens is 1. The van der Waals surface area contributed by atoms with Gasteiger partial charge < -0.3 is 5.11 Å². The smallest absolute Gasteiger partial charge is 0.147 e. The van der Waals surface area contributed by atoms with E-state index in [0.29, 0.717) is 23.0 Å². The third kappa shape index (κ3) is 2.68. The Morgan fingerprint density at radius 2 is 1.88 bits per heavy atom. The predicted octanol–water partition coefficient (Wildman–Crippen LogP) is 3.77. The van der Waals surface area contributed by atoms with Crippen LogP contribution in [0.1, 0.15) is 45.1 Å². The summed E-state index contributed by atoms with van der Waals surface area (Å²) in [6.45, 7) is 4.37. The fourth-order valence-electron chi connectivity index (χ4n) is 2.38. The molecular formula is C13H17BrFNO. The first kappa shape index (κ1) is 13.0. The standard InChI is InChI=1S/C13H17BrFNO/c1-12(2)3-5-13(17,6-4-12)9-7-11(14)16-8-10(9)15/h7-8,17H,3-6H2,1-2H3.